The van der Waals surface area contributed by atoms with Gasteiger partial charge in [0.1, 0.15) is 0 Å². The zero-order valence-electron chi connectivity index (χ0n) is 9.32. The first-order valence-electron chi connectivity index (χ1n) is 5.27. The molecular weight excluding hydrogens is 207 g/mol. The molecule has 0 rings (SSSR count). The van der Waals surface area contributed by atoms with Crippen LogP contribution >= 0.6 is 0 Å². The SMILES string of the molecule is CCCNCC(C)(O)CCCC(F)(F)F. The molecule has 2 N–H and O–H groups in total. The van der Waals surface area contributed by atoms with E-state index in [1.807, 2.05) is 6.92 Å². The molecule has 0 bridgehead atoms. The van der Waals surface area contributed by atoms with Gasteiger partial charge in [-0.15, -0.1) is 0 Å². The molecule has 0 aliphatic rings. The van der Waals surface area contributed by atoms with Gasteiger partial charge in [-0.1, -0.05) is 6.92 Å². The summed E-state index contributed by atoms with van der Waals surface area (Å²) in [6, 6.07) is 0. The van der Waals surface area contributed by atoms with E-state index in [2.05, 4.69) is 5.32 Å². The summed E-state index contributed by atoms with van der Waals surface area (Å²) in [7, 11) is 0. The van der Waals surface area contributed by atoms with Crippen LogP contribution < -0.4 is 5.32 Å². The van der Waals surface area contributed by atoms with E-state index in [9.17, 15) is 18.3 Å². The Bertz CT molecular complexity index is 169. The number of halogens is 3. The lowest BCUT2D eigenvalue weighted by Gasteiger charge is -2.23. The van der Waals surface area contributed by atoms with Gasteiger partial charge in [0.15, 0.2) is 0 Å². The van der Waals surface area contributed by atoms with Gasteiger partial charge >= 0.3 is 6.18 Å². The van der Waals surface area contributed by atoms with Gasteiger partial charge in [-0.25, -0.2) is 0 Å². The Morgan fingerprint density at radius 2 is 1.80 bits per heavy atom. The Balaban J connectivity index is 3.64. The smallest absolute Gasteiger partial charge is 0.389 e. The maximum absolute atomic E-state index is 11.8. The second kappa shape index (κ2) is 6.33. The Kier molecular flexibility index (Phi) is 6.20. The van der Waals surface area contributed by atoms with Crippen molar-refractivity contribution in [2.75, 3.05) is 13.1 Å². The number of alkyl halides is 3. The summed E-state index contributed by atoms with van der Waals surface area (Å²) in [5.74, 6) is 0. The second-order valence-electron chi connectivity index (χ2n) is 4.14. The summed E-state index contributed by atoms with van der Waals surface area (Å²) in [5, 5.41) is 12.7. The molecule has 0 spiro atoms. The minimum Gasteiger partial charge on any atom is -0.389 e. The van der Waals surface area contributed by atoms with Gasteiger partial charge in [0.05, 0.1) is 5.60 Å². The third-order valence-electron chi connectivity index (χ3n) is 2.11. The van der Waals surface area contributed by atoms with Crippen LogP contribution in [0.1, 0.15) is 39.5 Å². The standard InChI is InChI=1S/C10H20F3NO/c1-3-7-14-8-9(2,15)5-4-6-10(11,12)13/h14-15H,3-8H2,1-2H3. The average Bonchev–Trinajstić information content (AvgIpc) is 2.01. The molecule has 0 aliphatic heterocycles. The van der Waals surface area contributed by atoms with E-state index >= 15 is 0 Å². The van der Waals surface area contributed by atoms with Crippen LogP contribution in [0.4, 0.5) is 13.2 Å². The first-order valence-corrected chi connectivity index (χ1v) is 5.27. The van der Waals surface area contributed by atoms with Crippen LogP contribution in [-0.2, 0) is 0 Å². The van der Waals surface area contributed by atoms with Gasteiger partial charge in [0.2, 0.25) is 0 Å². The molecule has 92 valence electrons. The lowest BCUT2D eigenvalue weighted by Crippen LogP contribution is -2.38. The van der Waals surface area contributed by atoms with Crippen LogP contribution in [0, 0.1) is 0 Å². The Morgan fingerprint density at radius 1 is 1.20 bits per heavy atom. The van der Waals surface area contributed by atoms with E-state index in [4.69, 9.17) is 0 Å². The molecule has 15 heavy (non-hydrogen) atoms. The van der Waals surface area contributed by atoms with Crippen LogP contribution in [0.5, 0.6) is 0 Å². The minimum atomic E-state index is -4.12. The molecule has 5 heteroatoms. The van der Waals surface area contributed by atoms with Crippen molar-refractivity contribution in [2.24, 2.45) is 0 Å². The van der Waals surface area contributed by atoms with Gasteiger partial charge in [-0.2, -0.15) is 13.2 Å². The molecule has 0 saturated heterocycles. The fraction of sp³-hybridized carbons (Fsp3) is 1.00. The van der Waals surface area contributed by atoms with Crippen molar-refractivity contribution in [1.29, 1.82) is 0 Å². The third-order valence-corrected chi connectivity index (χ3v) is 2.11. The van der Waals surface area contributed by atoms with E-state index in [-0.39, 0.29) is 12.8 Å². The molecule has 0 radical (unpaired) electrons. The lowest BCUT2D eigenvalue weighted by atomic mass is 9.99. The molecule has 0 aromatic carbocycles. The van der Waals surface area contributed by atoms with Gasteiger partial charge in [0.25, 0.3) is 0 Å². The second-order valence-corrected chi connectivity index (χ2v) is 4.14. The minimum absolute atomic E-state index is 0.0235. The molecule has 1 unspecified atom stereocenters. The Labute approximate surface area is 88.9 Å². The fourth-order valence-corrected chi connectivity index (χ4v) is 1.29. The van der Waals surface area contributed by atoms with Gasteiger partial charge in [0, 0.05) is 13.0 Å². The maximum Gasteiger partial charge on any atom is 0.389 e. The van der Waals surface area contributed by atoms with Gasteiger partial charge in [-0.3, -0.25) is 0 Å². The van der Waals surface area contributed by atoms with Gasteiger partial charge in [-0.05, 0) is 32.7 Å². The summed E-state index contributed by atoms with van der Waals surface area (Å²) < 4.78 is 35.5. The van der Waals surface area contributed by atoms with Crippen molar-refractivity contribution in [2.45, 2.75) is 51.3 Å². The summed E-state index contributed by atoms with van der Waals surface area (Å²) >= 11 is 0. The summed E-state index contributed by atoms with van der Waals surface area (Å²) in [6.07, 6.45) is -3.85. The maximum atomic E-state index is 11.8. The van der Waals surface area contributed by atoms with Crippen LogP contribution in [0.25, 0.3) is 0 Å². The largest absolute Gasteiger partial charge is 0.389 e. The molecule has 0 amide bonds. The van der Waals surface area contributed by atoms with Crippen molar-refractivity contribution in [3.05, 3.63) is 0 Å². The Hall–Kier alpha value is -0.290. The molecule has 0 aromatic heterocycles. The predicted octanol–water partition coefficient (Wildman–Crippen LogP) is 2.47. The Morgan fingerprint density at radius 3 is 2.27 bits per heavy atom. The fourth-order valence-electron chi connectivity index (χ4n) is 1.29. The zero-order valence-corrected chi connectivity index (χ0v) is 9.32. The highest BCUT2D eigenvalue weighted by Gasteiger charge is 2.28. The van der Waals surface area contributed by atoms with Gasteiger partial charge < -0.3 is 10.4 Å². The topological polar surface area (TPSA) is 32.3 Å². The van der Waals surface area contributed by atoms with Crippen molar-refractivity contribution in [1.82, 2.24) is 5.32 Å². The van der Waals surface area contributed by atoms with Crippen molar-refractivity contribution in [3.8, 4) is 0 Å². The van der Waals surface area contributed by atoms with Crippen LogP contribution in [-0.4, -0.2) is 30.0 Å². The highest BCUT2D eigenvalue weighted by Crippen LogP contribution is 2.24. The highest BCUT2D eigenvalue weighted by atomic mass is 19.4. The third kappa shape index (κ3) is 10.0. The van der Waals surface area contributed by atoms with E-state index in [0.29, 0.717) is 6.54 Å². The number of hydrogen-bond acceptors (Lipinski definition) is 2. The molecular formula is C10H20F3NO. The number of hydrogen-bond donors (Lipinski definition) is 2. The molecule has 0 saturated carbocycles. The average molecular weight is 227 g/mol. The highest BCUT2D eigenvalue weighted by molar-refractivity contribution is 4.75. The quantitative estimate of drug-likeness (QED) is 0.655. The predicted molar refractivity (Wildman–Crippen MR) is 53.7 cm³/mol. The molecule has 0 heterocycles. The van der Waals surface area contributed by atoms with E-state index in [0.717, 1.165) is 13.0 Å². The summed E-state index contributed by atoms with van der Waals surface area (Å²) in [6.45, 7) is 4.67. The first kappa shape index (κ1) is 14.7. The summed E-state index contributed by atoms with van der Waals surface area (Å²) in [5.41, 5.74) is -1.04. The first-order chi connectivity index (χ1) is 6.77. The van der Waals surface area contributed by atoms with E-state index in [1.165, 1.54) is 0 Å². The van der Waals surface area contributed by atoms with E-state index in [1.54, 1.807) is 6.92 Å². The van der Waals surface area contributed by atoms with E-state index < -0.39 is 18.2 Å². The normalized spacial score (nSPS) is 16.4. The van der Waals surface area contributed by atoms with Crippen molar-refractivity contribution >= 4 is 0 Å². The van der Waals surface area contributed by atoms with Crippen molar-refractivity contribution < 1.29 is 18.3 Å². The molecule has 0 aliphatic carbocycles. The molecule has 1 atom stereocenters. The number of nitrogens with one attached hydrogen (secondary N) is 1. The van der Waals surface area contributed by atoms with Crippen LogP contribution in [0.3, 0.4) is 0 Å². The molecule has 0 aromatic rings. The van der Waals surface area contributed by atoms with Crippen molar-refractivity contribution in [3.63, 3.8) is 0 Å². The lowest BCUT2D eigenvalue weighted by molar-refractivity contribution is -0.137. The zero-order chi connectivity index (χ0) is 11.9. The summed E-state index contributed by atoms with van der Waals surface area (Å²) in [4.78, 5) is 0. The molecule has 2 nitrogen and oxygen atoms in total. The molecule has 0 fully saturated rings. The van der Waals surface area contributed by atoms with Crippen LogP contribution in [0.2, 0.25) is 0 Å². The van der Waals surface area contributed by atoms with Crippen LogP contribution in [0.15, 0.2) is 0 Å². The monoisotopic (exact) mass is 227 g/mol. The number of aliphatic hydroxyl groups is 1. The number of rotatable bonds is 7.